The first kappa shape index (κ1) is 13.5. The van der Waals surface area contributed by atoms with Gasteiger partial charge >= 0.3 is 5.97 Å². The second kappa shape index (κ2) is 6.08. The highest BCUT2D eigenvalue weighted by Crippen LogP contribution is 2.21. The van der Waals surface area contributed by atoms with Crippen molar-refractivity contribution in [3.05, 3.63) is 18.4 Å². The third-order valence-electron chi connectivity index (χ3n) is 1.77. The van der Waals surface area contributed by atoms with E-state index in [4.69, 9.17) is 0 Å². The number of esters is 1. The highest BCUT2D eigenvalue weighted by Gasteiger charge is 2.23. The molecule has 1 unspecified atom stereocenters. The SMILES string of the molecule is C=C=CC(C)(C)C(O)C#CC(=O)OCC. The van der Waals surface area contributed by atoms with E-state index in [1.807, 2.05) is 0 Å². The lowest BCUT2D eigenvalue weighted by atomic mass is 9.87. The predicted octanol–water partition coefficient (Wildman–Crippen LogP) is 1.28. The summed E-state index contributed by atoms with van der Waals surface area (Å²) < 4.78 is 4.60. The second-order valence-corrected chi connectivity index (χ2v) is 3.56. The Hall–Kier alpha value is -1.49. The van der Waals surface area contributed by atoms with Gasteiger partial charge in [-0.3, -0.25) is 0 Å². The van der Waals surface area contributed by atoms with Crippen LogP contribution in [-0.4, -0.2) is 23.8 Å². The standard InChI is InChI=1S/C12H16O3/c1-5-9-12(3,4)10(13)7-8-11(14)15-6-2/h9-10,13H,1,6H2,2-4H3. The molecule has 1 atom stereocenters. The summed E-state index contributed by atoms with van der Waals surface area (Å²) in [7, 11) is 0. The Labute approximate surface area is 90.4 Å². The van der Waals surface area contributed by atoms with Crippen LogP contribution in [0.15, 0.2) is 18.4 Å². The van der Waals surface area contributed by atoms with E-state index in [-0.39, 0.29) is 6.61 Å². The Morgan fingerprint density at radius 3 is 2.73 bits per heavy atom. The largest absolute Gasteiger partial charge is 0.456 e. The van der Waals surface area contributed by atoms with Crippen LogP contribution in [0.2, 0.25) is 0 Å². The third-order valence-corrected chi connectivity index (χ3v) is 1.77. The number of hydrogen-bond donors (Lipinski definition) is 1. The van der Waals surface area contributed by atoms with Crippen LogP contribution in [0.25, 0.3) is 0 Å². The molecule has 0 saturated heterocycles. The normalized spacial score (nSPS) is 11.7. The van der Waals surface area contributed by atoms with Gasteiger partial charge in [-0.2, -0.15) is 0 Å². The molecule has 0 saturated carbocycles. The topological polar surface area (TPSA) is 46.5 Å². The zero-order valence-corrected chi connectivity index (χ0v) is 9.33. The molecule has 0 aromatic rings. The summed E-state index contributed by atoms with van der Waals surface area (Å²) in [5.41, 5.74) is 2.00. The van der Waals surface area contributed by atoms with Crippen molar-refractivity contribution in [1.82, 2.24) is 0 Å². The van der Waals surface area contributed by atoms with Gasteiger partial charge in [-0.05, 0) is 13.0 Å². The number of ether oxygens (including phenoxy) is 1. The van der Waals surface area contributed by atoms with Gasteiger partial charge in [-0.25, -0.2) is 4.79 Å². The molecule has 0 radical (unpaired) electrons. The maximum absolute atomic E-state index is 10.9. The van der Waals surface area contributed by atoms with Gasteiger partial charge in [0.2, 0.25) is 0 Å². The van der Waals surface area contributed by atoms with Crippen molar-refractivity contribution in [3.8, 4) is 11.8 Å². The van der Waals surface area contributed by atoms with E-state index in [0.717, 1.165) is 0 Å². The van der Waals surface area contributed by atoms with Crippen molar-refractivity contribution in [1.29, 1.82) is 0 Å². The van der Waals surface area contributed by atoms with Crippen molar-refractivity contribution in [2.24, 2.45) is 5.41 Å². The average Bonchev–Trinajstić information content (AvgIpc) is 2.14. The summed E-state index contributed by atoms with van der Waals surface area (Å²) >= 11 is 0. The van der Waals surface area contributed by atoms with Gasteiger partial charge in [0.1, 0.15) is 6.10 Å². The van der Waals surface area contributed by atoms with E-state index in [1.165, 1.54) is 0 Å². The number of rotatable bonds is 3. The molecular formula is C12H16O3. The molecule has 3 heteroatoms. The van der Waals surface area contributed by atoms with Crippen LogP contribution >= 0.6 is 0 Å². The van der Waals surface area contributed by atoms with E-state index in [0.29, 0.717) is 0 Å². The lowest BCUT2D eigenvalue weighted by Gasteiger charge is -2.21. The van der Waals surface area contributed by atoms with Gasteiger partial charge in [-0.15, -0.1) is 5.73 Å². The van der Waals surface area contributed by atoms with Crippen molar-refractivity contribution in [3.63, 3.8) is 0 Å². The van der Waals surface area contributed by atoms with Gasteiger partial charge in [0.05, 0.1) is 6.61 Å². The highest BCUT2D eigenvalue weighted by atomic mass is 16.5. The molecule has 0 bridgehead atoms. The molecule has 82 valence electrons. The maximum atomic E-state index is 10.9. The molecule has 1 N–H and O–H groups in total. The minimum Gasteiger partial charge on any atom is -0.456 e. The lowest BCUT2D eigenvalue weighted by molar-refractivity contribution is -0.136. The molecule has 0 aromatic heterocycles. The molecule has 15 heavy (non-hydrogen) atoms. The van der Waals surface area contributed by atoms with E-state index < -0.39 is 17.5 Å². The molecule has 0 aromatic carbocycles. The first-order valence-electron chi connectivity index (χ1n) is 4.67. The van der Waals surface area contributed by atoms with Crippen LogP contribution < -0.4 is 0 Å². The van der Waals surface area contributed by atoms with Crippen LogP contribution in [0.3, 0.4) is 0 Å². The number of aliphatic hydroxyl groups excluding tert-OH is 1. The fourth-order valence-electron chi connectivity index (χ4n) is 0.822. The molecular weight excluding hydrogens is 192 g/mol. The highest BCUT2D eigenvalue weighted by molar-refractivity contribution is 5.88. The summed E-state index contributed by atoms with van der Waals surface area (Å²) in [6.45, 7) is 8.94. The summed E-state index contributed by atoms with van der Waals surface area (Å²) in [4.78, 5) is 10.9. The molecule has 0 amide bonds. The fraction of sp³-hybridized carbons (Fsp3) is 0.500. The minimum atomic E-state index is -0.948. The van der Waals surface area contributed by atoms with Crippen molar-refractivity contribution < 1.29 is 14.6 Å². The number of hydrogen-bond acceptors (Lipinski definition) is 3. The van der Waals surface area contributed by atoms with Crippen molar-refractivity contribution >= 4 is 5.97 Å². The van der Waals surface area contributed by atoms with Gasteiger partial charge in [0, 0.05) is 11.3 Å². The smallest absolute Gasteiger partial charge is 0.384 e. The molecule has 0 spiro atoms. The first-order valence-corrected chi connectivity index (χ1v) is 4.67. The summed E-state index contributed by atoms with van der Waals surface area (Å²) in [6.07, 6.45) is 0.661. The monoisotopic (exact) mass is 208 g/mol. The first-order chi connectivity index (χ1) is 6.94. The zero-order valence-electron chi connectivity index (χ0n) is 9.33. The fourth-order valence-corrected chi connectivity index (χ4v) is 0.822. The Kier molecular flexibility index (Phi) is 5.48. The van der Waals surface area contributed by atoms with Crippen LogP contribution in [0.5, 0.6) is 0 Å². The number of aliphatic hydroxyl groups is 1. The summed E-state index contributed by atoms with van der Waals surface area (Å²) in [6, 6.07) is 0. The van der Waals surface area contributed by atoms with E-state index >= 15 is 0 Å². The Bertz CT molecular complexity index is 325. The van der Waals surface area contributed by atoms with Gasteiger partial charge in [0.15, 0.2) is 0 Å². The van der Waals surface area contributed by atoms with Crippen LogP contribution in [0.1, 0.15) is 20.8 Å². The minimum absolute atomic E-state index is 0.277. The zero-order chi connectivity index (χ0) is 11.9. The van der Waals surface area contributed by atoms with E-state index in [2.05, 4.69) is 28.9 Å². The predicted molar refractivity (Wildman–Crippen MR) is 57.9 cm³/mol. The molecule has 0 aliphatic rings. The summed E-state index contributed by atoms with van der Waals surface area (Å²) in [5.74, 6) is 4.01. The van der Waals surface area contributed by atoms with Crippen LogP contribution in [-0.2, 0) is 9.53 Å². The Balaban J connectivity index is 4.53. The van der Waals surface area contributed by atoms with Crippen molar-refractivity contribution in [2.45, 2.75) is 26.9 Å². The Morgan fingerprint density at radius 1 is 1.67 bits per heavy atom. The van der Waals surface area contributed by atoms with Gasteiger partial charge in [0.25, 0.3) is 0 Å². The average molecular weight is 208 g/mol. The maximum Gasteiger partial charge on any atom is 0.384 e. The molecule has 0 heterocycles. The lowest BCUT2D eigenvalue weighted by Crippen LogP contribution is -2.25. The van der Waals surface area contributed by atoms with E-state index in [9.17, 15) is 9.90 Å². The quantitative estimate of drug-likeness (QED) is 0.329. The molecule has 0 rings (SSSR count). The van der Waals surface area contributed by atoms with Gasteiger partial charge < -0.3 is 9.84 Å². The molecule has 0 aliphatic carbocycles. The number of carbonyl (C=O) groups is 1. The van der Waals surface area contributed by atoms with Crippen LogP contribution in [0, 0.1) is 17.3 Å². The Morgan fingerprint density at radius 2 is 2.27 bits per heavy atom. The van der Waals surface area contributed by atoms with Gasteiger partial charge in [-0.1, -0.05) is 26.3 Å². The van der Waals surface area contributed by atoms with E-state index in [1.54, 1.807) is 26.8 Å². The molecule has 0 fully saturated rings. The van der Waals surface area contributed by atoms with Crippen LogP contribution in [0.4, 0.5) is 0 Å². The van der Waals surface area contributed by atoms with Crippen molar-refractivity contribution in [2.75, 3.05) is 6.61 Å². The second-order valence-electron chi connectivity index (χ2n) is 3.56. The third kappa shape index (κ3) is 5.07. The number of carbonyl (C=O) groups excluding carboxylic acids is 1. The summed E-state index contributed by atoms with van der Waals surface area (Å²) in [5, 5.41) is 9.64. The molecule has 0 aliphatic heterocycles. The molecule has 3 nitrogen and oxygen atoms in total.